The normalized spacial score (nSPS) is 18.3. The number of carbonyl (C=O) groups excluding carboxylic acids is 1. The molecule has 1 atom stereocenters. The van der Waals surface area contributed by atoms with E-state index in [-0.39, 0.29) is 5.91 Å². The van der Waals surface area contributed by atoms with E-state index in [1.165, 1.54) is 0 Å². The number of aryl methyl sites for hydroxylation is 2. The van der Waals surface area contributed by atoms with Gasteiger partial charge in [0.05, 0.1) is 5.56 Å². The first-order valence-corrected chi connectivity index (χ1v) is 10.1. The Morgan fingerprint density at radius 2 is 2.00 bits per heavy atom. The third-order valence-corrected chi connectivity index (χ3v) is 5.99. The fourth-order valence-electron chi connectivity index (χ4n) is 3.50. The molecule has 6 heteroatoms. The van der Waals surface area contributed by atoms with Crippen LogP contribution in [0.1, 0.15) is 39.7 Å². The maximum atomic E-state index is 12.7. The minimum atomic E-state index is -0.167. The highest BCUT2D eigenvalue weighted by atomic mass is 35.5. The number of anilines is 1. The minimum absolute atomic E-state index is 0.167. The quantitative estimate of drug-likeness (QED) is 0.841. The fraction of sp³-hybridized carbons (Fsp3) is 0.455. The van der Waals surface area contributed by atoms with Gasteiger partial charge in [-0.1, -0.05) is 11.6 Å². The number of likely N-dealkylation sites (N-methyl/N-ethyl adjacent to an activating group) is 1. The molecule has 0 unspecified atom stereocenters. The highest BCUT2D eigenvalue weighted by Gasteiger charge is 2.22. The van der Waals surface area contributed by atoms with Crippen LogP contribution in [0, 0.1) is 20.8 Å². The third kappa shape index (κ3) is 4.72. The molecule has 1 aromatic carbocycles. The molecule has 28 heavy (non-hydrogen) atoms. The highest BCUT2D eigenvalue weighted by molar-refractivity contribution is 6.31. The van der Waals surface area contributed by atoms with Crippen molar-refractivity contribution in [3.05, 3.63) is 57.4 Å². The van der Waals surface area contributed by atoms with Crippen LogP contribution >= 0.6 is 11.6 Å². The summed E-state index contributed by atoms with van der Waals surface area (Å²) in [6, 6.07) is 6.22. The van der Waals surface area contributed by atoms with E-state index in [4.69, 9.17) is 11.6 Å². The Balaban J connectivity index is 1.78. The molecule has 1 amide bonds. The maximum Gasteiger partial charge on any atom is 0.257 e. The van der Waals surface area contributed by atoms with Gasteiger partial charge in [0, 0.05) is 54.8 Å². The summed E-state index contributed by atoms with van der Waals surface area (Å²) in [4.78, 5) is 21.8. The lowest BCUT2D eigenvalue weighted by Crippen LogP contribution is -2.49. The monoisotopic (exact) mass is 400 g/mol. The smallest absolute Gasteiger partial charge is 0.257 e. The zero-order valence-electron chi connectivity index (χ0n) is 17.3. The molecule has 1 saturated heterocycles. The van der Waals surface area contributed by atoms with Crippen LogP contribution in [0.4, 0.5) is 5.69 Å². The van der Waals surface area contributed by atoms with Crippen molar-refractivity contribution >= 4 is 23.2 Å². The van der Waals surface area contributed by atoms with E-state index in [9.17, 15) is 4.79 Å². The van der Waals surface area contributed by atoms with Gasteiger partial charge in [0.25, 0.3) is 5.91 Å². The second-order valence-electron chi connectivity index (χ2n) is 7.88. The molecule has 150 valence electrons. The number of carbonyl (C=O) groups is 1. The van der Waals surface area contributed by atoms with Crippen LogP contribution < -0.4 is 5.32 Å². The molecular formula is C22H29ClN4O. The van der Waals surface area contributed by atoms with Gasteiger partial charge in [-0.05, 0) is 69.6 Å². The number of nitrogens with one attached hydrogen (secondary N) is 1. The number of halogens is 1. The number of rotatable bonds is 4. The van der Waals surface area contributed by atoms with Crippen molar-refractivity contribution in [3.63, 3.8) is 0 Å². The van der Waals surface area contributed by atoms with Crippen LogP contribution in [0.2, 0.25) is 5.02 Å². The fourth-order valence-corrected chi connectivity index (χ4v) is 3.74. The Hall–Kier alpha value is -1.95. The van der Waals surface area contributed by atoms with Crippen molar-refractivity contribution in [2.45, 2.75) is 40.3 Å². The zero-order chi connectivity index (χ0) is 20.4. The van der Waals surface area contributed by atoms with E-state index in [2.05, 4.69) is 34.1 Å². The summed E-state index contributed by atoms with van der Waals surface area (Å²) in [6.07, 6.45) is 1.62. The number of hydrogen-bond donors (Lipinski definition) is 1. The van der Waals surface area contributed by atoms with Crippen LogP contribution in [0.15, 0.2) is 24.4 Å². The maximum absolute atomic E-state index is 12.7. The summed E-state index contributed by atoms with van der Waals surface area (Å²) >= 11 is 6.38. The first-order chi connectivity index (χ1) is 13.2. The van der Waals surface area contributed by atoms with Gasteiger partial charge in [-0.25, -0.2) is 0 Å². The molecule has 0 aliphatic carbocycles. The number of amides is 1. The Morgan fingerprint density at radius 3 is 2.68 bits per heavy atom. The van der Waals surface area contributed by atoms with Crippen molar-refractivity contribution in [1.82, 2.24) is 14.8 Å². The van der Waals surface area contributed by atoms with E-state index < -0.39 is 0 Å². The van der Waals surface area contributed by atoms with E-state index in [1.807, 2.05) is 39.0 Å². The highest BCUT2D eigenvalue weighted by Crippen LogP contribution is 2.27. The molecule has 5 nitrogen and oxygen atoms in total. The summed E-state index contributed by atoms with van der Waals surface area (Å²) in [5, 5.41) is 3.65. The van der Waals surface area contributed by atoms with Gasteiger partial charge < -0.3 is 10.2 Å². The van der Waals surface area contributed by atoms with Crippen molar-refractivity contribution in [1.29, 1.82) is 0 Å². The van der Waals surface area contributed by atoms with Gasteiger partial charge in [-0.2, -0.15) is 0 Å². The van der Waals surface area contributed by atoms with E-state index >= 15 is 0 Å². The minimum Gasteiger partial charge on any atom is -0.322 e. The molecule has 1 aromatic heterocycles. The Kier molecular flexibility index (Phi) is 6.38. The van der Waals surface area contributed by atoms with E-state index in [0.29, 0.717) is 16.6 Å². The summed E-state index contributed by atoms with van der Waals surface area (Å²) in [6.45, 7) is 12.1. The molecule has 1 N–H and O–H groups in total. The molecule has 0 saturated carbocycles. The molecule has 3 rings (SSSR count). The Morgan fingerprint density at radius 1 is 1.25 bits per heavy atom. The Labute approximate surface area is 172 Å². The summed E-state index contributed by atoms with van der Waals surface area (Å²) in [5.74, 6) is -0.167. The van der Waals surface area contributed by atoms with E-state index in [1.54, 1.807) is 6.20 Å². The predicted octanol–water partition coefficient (Wildman–Crippen LogP) is 4.05. The standard InChI is InChI=1S/C22H29ClN4O/c1-14-8-18(11-24-17(14)4)22(28)25-21-10-20(23)9-19(16(21)3)13-27-7-6-26(5)15(2)12-27/h8-11,15H,6-7,12-13H2,1-5H3,(H,25,28)/t15-/m0/s1. The van der Waals surface area contributed by atoms with Crippen molar-refractivity contribution in [3.8, 4) is 0 Å². The number of nitrogens with zero attached hydrogens (tertiary/aromatic N) is 3. The molecular weight excluding hydrogens is 372 g/mol. The zero-order valence-corrected chi connectivity index (χ0v) is 18.1. The van der Waals surface area contributed by atoms with Crippen LogP contribution in [0.3, 0.4) is 0 Å². The lowest BCUT2D eigenvalue weighted by atomic mass is 10.0. The van der Waals surface area contributed by atoms with Crippen LogP contribution in [0.25, 0.3) is 0 Å². The molecule has 2 heterocycles. The van der Waals surface area contributed by atoms with E-state index in [0.717, 1.165) is 54.3 Å². The predicted molar refractivity (Wildman–Crippen MR) is 115 cm³/mol. The average Bonchev–Trinajstić information content (AvgIpc) is 2.64. The summed E-state index contributed by atoms with van der Waals surface area (Å²) in [7, 11) is 2.17. The first kappa shape index (κ1) is 20.8. The molecule has 1 aliphatic rings. The number of benzene rings is 1. The van der Waals surface area contributed by atoms with Crippen molar-refractivity contribution < 1.29 is 4.79 Å². The molecule has 1 fully saturated rings. The largest absolute Gasteiger partial charge is 0.322 e. The van der Waals surface area contributed by atoms with Gasteiger partial charge in [0.15, 0.2) is 0 Å². The lowest BCUT2D eigenvalue weighted by Gasteiger charge is -2.38. The number of pyridine rings is 1. The second-order valence-corrected chi connectivity index (χ2v) is 8.32. The number of aromatic nitrogens is 1. The van der Waals surface area contributed by atoms with Gasteiger partial charge in [0.1, 0.15) is 0 Å². The average molecular weight is 401 g/mol. The van der Waals surface area contributed by atoms with Crippen LogP contribution in [-0.4, -0.2) is 53.4 Å². The van der Waals surface area contributed by atoms with Gasteiger partial charge >= 0.3 is 0 Å². The topological polar surface area (TPSA) is 48.5 Å². The lowest BCUT2D eigenvalue weighted by molar-refractivity contribution is 0.0998. The molecule has 1 aliphatic heterocycles. The van der Waals surface area contributed by atoms with Gasteiger partial charge in [-0.15, -0.1) is 0 Å². The molecule has 2 aromatic rings. The summed E-state index contributed by atoms with van der Waals surface area (Å²) < 4.78 is 0. The molecule has 0 spiro atoms. The first-order valence-electron chi connectivity index (χ1n) is 9.71. The van der Waals surface area contributed by atoms with Crippen LogP contribution in [0.5, 0.6) is 0 Å². The Bertz CT molecular complexity index is 883. The third-order valence-electron chi connectivity index (χ3n) is 5.77. The number of hydrogen-bond acceptors (Lipinski definition) is 4. The second kappa shape index (κ2) is 8.60. The summed E-state index contributed by atoms with van der Waals surface area (Å²) in [5.41, 5.74) is 5.45. The SMILES string of the molecule is Cc1cc(C(=O)Nc2cc(Cl)cc(CN3CCN(C)[C@@H](C)C3)c2C)cnc1C. The van der Waals surface area contributed by atoms with Crippen molar-refractivity contribution in [2.24, 2.45) is 0 Å². The molecule has 0 bridgehead atoms. The molecule has 0 radical (unpaired) electrons. The van der Waals surface area contributed by atoms with Crippen molar-refractivity contribution in [2.75, 3.05) is 32.0 Å². The van der Waals surface area contributed by atoms with Crippen LogP contribution in [-0.2, 0) is 6.54 Å². The van der Waals surface area contributed by atoms with Gasteiger partial charge in [-0.3, -0.25) is 14.7 Å². The van der Waals surface area contributed by atoms with Gasteiger partial charge in [0.2, 0.25) is 0 Å². The number of piperazine rings is 1.